The number of aromatic hydroxyl groups is 1. The Morgan fingerprint density at radius 2 is 1.64 bits per heavy atom. The number of benzene rings is 2. The summed E-state index contributed by atoms with van der Waals surface area (Å²) in [5.41, 5.74) is 4.03. The van der Waals surface area contributed by atoms with Gasteiger partial charge in [-0.1, -0.05) is 30.4 Å². The molecule has 0 aliphatic carbocycles. The number of nitrogens with zero attached hydrogens (tertiary/aromatic N) is 3. The predicted molar refractivity (Wildman–Crippen MR) is 88.3 cm³/mol. The Labute approximate surface area is 129 Å². The Hall–Kier alpha value is -2.88. The van der Waals surface area contributed by atoms with Crippen molar-refractivity contribution in [3.63, 3.8) is 0 Å². The molecule has 1 heterocycles. The number of fused-ring (bicyclic) bond motifs is 1. The van der Waals surface area contributed by atoms with E-state index < -0.39 is 0 Å². The molecule has 0 fully saturated rings. The smallest absolute Gasteiger partial charge is 0.146 e. The fraction of sp³-hybridized carbons (Fsp3) is 0.111. The van der Waals surface area contributed by atoms with Crippen LogP contribution in [0.25, 0.3) is 16.7 Å². The van der Waals surface area contributed by atoms with Crippen molar-refractivity contribution >= 4 is 11.0 Å². The van der Waals surface area contributed by atoms with Crippen molar-refractivity contribution < 1.29 is 5.11 Å². The fourth-order valence-electron chi connectivity index (χ4n) is 2.46. The molecule has 0 saturated heterocycles. The van der Waals surface area contributed by atoms with Gasteiger partial charge < -0.3 is 5.11 Å². The van der Waals surface area contributed by atoms with Gasteiger partial charge >= 0.3 is 0 Å². The lowest BCUT2D eigenvalue weighted by Gasteiger charge is -2.10. The molecule has 0 amide bonds. The predicted octanol–water partition coefficient (Wildman–Crippen LogP) is 3.58. The van der Waals surface area contributed by atoms with E-state index in [1.807, 2.05) is 42.5 Å². The lowest BCUT2D eigenvalue weighted by molar-refractivity contribution is 0.462. The highest BCUT2D eigenvalue weighted by Crippen LogP contribution is 2.29. The number of phenols is 1. The zero-order chi connectivity index (χ0) is 15.5. The standard InChI is InChI=1S/C18H17N3O/c1-3-7-13-11-14(8-4-2)18(22)17(12-13)21-19-15-9-5-6-10-16(15)20-21/h3-6,9-12,22H,1-2,7-8H2. The van der Waals surface area contributed by atoms with Crippen LogP contribution in [0.15, 0.2) is 61.7 Å². The maximum Gasteiger partial charge on any atom is 0.146 e. The van der Waals surface area contributed by atoms with Gasteiger partial charge in [-0.2, -0.15) is 0 Å². The fourth-order valence-corrected chi connectivity index (χ4v) is 2.46. The Balaban J connectivity index is 2.18. The van der Waals surface area contributed by atoms with Gasteiger partial charge in [-0.3, -0.25) is 0 Å². The van der Waals surface area contributed by atoms with Gasteiger partial charge in [0, 0.05) is 5.56 Å². The third-order valence-electron chi connectivity index (χ3n) is 3.47. The highest BCUT2D eigenvalue weighted by atomic mass is 16.3. The second kappa shape index (κ2) is 5.85. The van der Waals surface area contributed by atoms with E-state index in [4.69, 9.17) is 0 Å². The van der Waals surface area contributed by atoms with Crippen LogP contribution in [0.2, 0.25) is 0 Å². The molecule has 4 nitrogen and oxygen atoms in total. The SMILES string of the molecule is C=CCc1cc(CC=C)c(O)c(-n2nc3ccccc3n2)c1. The van der Waals surface area contributed by atoms with Crippen molar-refractivity contribution in [1.82, 2.24) is 15.0 Å². The summed E-state index contributed by atoms with van der Waals surface area (Å²) in [6.07, 6.45) is 4.91. The highest BCUT2D eigenvalue weighted by Gasteiger charge is 2.13. The Morgan fingerprint density at radius 1 is 1.00 bits per heavy atom. The van der Waals surface area contributed by atoms with Crippen LogP contribution in [-0.2, 0) is 12.8 Å². The lowest BCUT2D eigenvalue weighted by Crippen LogP contribution is -2.02. The number of hydrogen-bond donors (Lipinski definition) is 1. The van der Waals surface area contributed by atoms with Crippen LogP contribution >= 0.6 is 0 Å². The van der Waals surface area contributed by atoms with Gasteiger partial charge in [0.2, 0.25) is 0 Å². The zero-order valence-electron chi connectivity index (χ0n) is 12.2. The van der Waals surface area contributed by atoms with Crippen LogP contribution in [0.1, 0.15) is 11.1 Å². The van der Waals surface area contributed by atoms with Crippen molar-refractivity contribution in [3.05, 3.63) is 72.8 Å². The first-order valence-electron chi connectivity index (χ1n) is 7.12. The van der Waals surface area contributed by atoms with Gasteiger partial charge in [-0.05, 0) is 36.6 Å². The quantitative estimate of drug-likeness (QED) is 0.731. The highest BCUT2D eigenvalue weighted by molar-refractivity contribution is 5.73. The number of rotatable bonds is 5. The van der Waals surface area contributed by atoms with E-state index in [0.717, 1.165) is 28.6 Å². The normalized spacial score (nSPS) is 10.7. The molecule has 0 aliphatic heterocycles. The molecule has 1 N–H and O–H groups in total. The molecule has 0 bridgehead atoms. The largest absolute Gasteiger partial charge is 0.505 e. The summed E-state index contributed by atoms with van der Waals surface area (Å²) in [5, 5.41) is 19.4. The van der Waals surface area contributed by atoms with Crippen LogP contribution in [0, 0.1) is 0 Å². The van der Waals surface area contributed by atoms with Crippen LogP contribution in [0.4, 0.5) is 0 Å². The Morgan fingerprint density at radius 3 is 2.23 bits per heavy atom. The Bertz CT molecular complexity index is 816. The number of allylic oxidation sites excluding steroid dienone is 2. The summed E-state index contributed by atoms with van der Waals surface area (Å²) in [6.45, 7) is 7.51. The third kappa shape index (κ3) is 2.51. The molecule has 110 valence electrons. The molecule has 0 aliphatic rings. The molecule has 4 heteroatoms. The second-order valence-corrected chi connectivity index (χ2v) is 5.09. The summed E-state index contributed by atoms with van der Waals surface area (Å²) < 4.78 is 0. The van der Waals surface area contributed by atoms with Crippen LogP contribution in [0.3, 0.4) is 0 Å². The van der Waals surface area contributed by atoms with Gasteiger partial charge in [0.25, 0.3) is 0 Å². The molecule has 2 aromatic carbocycles. The van der Waals surface area contributed by atoms with E-state index in [2.05, 4.69) is 23.4 Å². The summed E-state index contributed by atoms with van der Waals surface area (Å²) in [6, 6.07) is 11.5. The second-order valence-electron chi connectivity index (χ2n) is 5.09. The maximum atomic E-state index is 10.5. The van der Waals surface area contributed by atoms with Gasteiger partial charge in [-0.15, -0.1) is 28.2 Å². The first-order valence-corrected chi connectivity index (χ1v) is 7.12. The molecule has 0 saturated carbocycles. The van der Waals surface area contributed by atoms with Gasteiger partial charge in [0.15, 0.2) is 0 Å². The van der Waals surface area contributed by atoms with E-state index in [0.29, 0.717) is 12.1 Å². The van der Waals surface area contributed by atoms with Gasteiger partial charge in [0.1, 0.15) is 22.5 Å². The topological polar surface area (TPSA) is 50.9 Å². The molecule has 0 unspecified atom stereocenters. The summed E-state index contributed by atoms with van der Waals surface area (Å²) >= 11 is 0. The molecule has 1 aromatic heterocycles. The molecular weight excluding hydrogens is 274 g/mol. The average molecular weight is 291 g/mol. The van der Waals surface area contributed by atoms with Crippen LogP contribution < -0.4 is 0 Å². The van der Waals surface area contributed by atoms with E-state index >= 15 is 0 Å². The number of phenolic OH excluding ortho intramolecular Hbond substituents is 1. The van der Waals surface area contributed by atoms with E-state index in [9.17, 15) is 5.11 Å². The molecule has 0 spiro atoms. The molecule has 22 heavy (non-hydrogen) atoms. The molecular formula is C18H17N3O. The molecule has 0 radical (unpaired) electrons. The maximum absolute atomic E-state index is 10.5. The van der Waals surface area contributed by atoms with Gasteiger partial charge in [-0.25, -0.2) is 0 Å². The van der Waals surface area contributed by atoms with Crippen LogP contribution in [0.5, 0.6) is 5.75 Å². The minimum atomic E-state index is 0.188. The lowest BCUT2D eigenvalue weighted by atomic mass is 10.0. The van der Waals surface area contributed by atoms with Crippen molar-refractivity contribution in [2.75, 3.05) is 0 Å². The van der Waals surface area contributed by atoms with E-state index in [-0.39, 0.29) is 5.75 Å². The minimum absolute atomic E-state index is 0.188. The average Bonchev–Trinajstić information content (AvgIpc) is 2.94. The minimum Gasteiger partial charge on any atom is -0.505 e. The molecule has 3 rings (SSSR count). The van der Waals surface area contributed by atoms with Crippen molar-refractivity contribution in [3.8, 4) is 11.4 Å². The summed E-state index contributed by atoms with van der Waals surface area (Å²) in [5.74, 6) is 0.188. The zero-order valence-corrected chi connectivity index (χ0v) is 12.2. The van der Waals surface area contributed by atoms with Crippen LogP contribution in [-0.4, -0.2) is 20.1 Å². The number of aromatic nitrogens is 3. The number of hydrogen-bond acceptors (Lipinski definition) is 3. The monoisotopic (exact) mass is 291 g/mol. The van der Waals surface area contributed by atoms with Gasteiger partial charge in [0.05, 0.1) is 0 Å². The first kappa shape index (κ1) is 14.1. The first-order chi connectivity index (χ1) is 10.7. The van der Waals surface area contributed by atoms with Crippen molar-refractivity contribution in [2.45, 2.75) is 12.8 Å². The molecule has 3 aromatic rings. The Kier molecular flexibility index (Phi) is 3.74. The van der Waals surface area contributed by atoms with Crippen molar-refractivity contribution in [2.24, 2.45) is 0 Å². The van der Waals surface area contributed by atoms with Crippen molar-refractivity contribution in [1.29, 1.82) is 0 Å². The molecule has 0 atom stereocenters. The third-order valence-corrected chi connectivity index (χ3v) is 3.47. The summed E-state index contributed by atoms with van der Waals surface area (Å²) in [4.78, 5) is 1.49. The van der Waals surface area contributed by atoms with E-state index in [1.165, 1.54) is 4.80 Å². The summed E-state index contributed by atoms with van der Waals surface area (Å²) in [7, 11) is 0. The van der Waals surface area contributed by atoms with E-state index in [1.54, 1.807) is 6.08 Å².